The lowest BCUT2D eigenvalue weighted by Gasteiger charge is -2.09. The molecule has 0 aliphatic heterocycles. The zero-order chi connectivity index (χ0) is 7.98. The minimum Gasteiger partial charge on any atom is -0.120 e. The standard InChI is InChI=1S/C10H14/c1-5-7-10(8-6-2)9(3)4/h1,9-10H,7H2,2-4H3. The number of rotatable bonds is 2. The normalized spacial score (nSPS) is 11.5. The monoisotopic (exact) mass is 134 g/mol. The van der Waals surface area contributed by atoms with E-state index < -0.39 is 0 Å². The van der Waals surface area contributed by atoms with Crippen LogP contribution in [0, 0.1) is 36.0 Å². The van der Waals surface area contributed by atoms with Crippen LogP contribution in [-0.2, 0) is 0 Å². The highest BCUT2D eigenvalue weighted by atomic mass is 14.1. The highest BCUT2D eigenvalue weighted by molar-refractivity contribution is 5.06. The minimum atomic E-state index is 0.384. The van der Waals surface area contributed by atoms with Crippen molar-refractivity contribution >= 4 is 0 Å². The van der Waals surface area contributed by atoms with Gasteiger partial charge in [-0.3, -0.25) is 0 Å². The second-order valence-corrected chi connectivity index (χ2v) is 2.65. The maximum atomic E-state index is 5.18. The summed E-state index contributed by atoms with van der Waals surface area (Å²) in [7, 11) is 0. The maximum absolute atomic E-state index is 5.18. The van der Waals surface area contributed by atoms with E-state index in [1.54, 1.807) is 0 Å². The van der Waals surface area contributed by atoms with Gasteiger partial charge in [0, 0.05) is 12.3 Å². The van der Waals surface area contributed by atoms with Crippen molar-refractivity contribution in [1.82, 2.24) is 0 Å². The van der Waals surface area contributed by atoms with Crippen LogP contribution < -0.4 is 0 Å². The Hall–Kier alpha value is -0.880. The molecule has 10 heavy (non-hydrogen) atoms. The SMILES string of the molecule is C#CCC(C#CC)C(C)C. The fourth-order valence-corrected chi connectivity index (χ4v) is 0.766. The molecular formula is C10H14. The average molecular weight is 134 g/mol. The minimum absolute atomic E-state index is 0.384. The topological polar surface area (TPSA) is 0 Å². The Kier molecular flexibility index (Phi) is 4.51. The highest BCUT2D eigenvalue weighted by Crippen LogP contribution is 2.12. The summed E-state index contributed by atoms with van der Waals surface area (Å²) < 4.78 is 0. The van der Waals surface area contributed by atoms with E-state index in [0.717, 1.165) is 6.42 Å². The van der Waals surface area contributed by atoms with Crippen molar-refractivity contribution in [3.05, 3.63) is 0 Å². The average Bonchev–Trinajstić information content (AvgIpc) is 1.87. The summed E-state index contributed by atoms with van der Waals surface area (Å²) in [6, 6.07) is 0. The van der Waals surface area contributed by atoms with Crippen molar-refractivity contribution in [1.29, 1.82) is 0 Å². The molecule has 0 saturated carbocycles. The third kappa shape index (κ3) is 3.21. The smallest absolute Gasteiger partial charge is 0.0334 e. The van der Waals surface area contributed by atoms with Crippen LogP contribution >= 0.6 is 0 Å². The van der Waals surface area contributed by atoms with Crippen molar-refractivity contribution < 1.29 is 0 Å². The van der Waals surface area contributed by atoms with Gasteiger partial charge in [-0.05, 0) is 12.8 Å². The highest BCUT2D eigenvalue weighted by Gasteiger charge is 2.06. The van der Waals surface area contributed by atoms with E-state index in [2.05, 4.69) is 31.6 Å². The Bertz CT molecular complexity index is 170. The molecule has 0 fully saturated rings. The first-order valence-electron chi connectivity index (χ1n) is 3.58. The van der Waals surface area contributed by atoms with Crippen LogP contribution in [0.5, 0.6) is 0 Å². The molecule has 0 N–H and O–H groups in total. The van der Waals surface area contributed by atoms with Gasteiger partial charge >= 0.3 is 0 Å². The first-order valence-corrected chi connectivity index (χ1v) is 3.58. The molecule has 0 heteroatoms. The van der Waals surface area contributed by atoms with E-state index in [9.17, 15) is 0 Å². The van der Waals surface area contributed by atoms with Gasteiger partial charge in [0.15, 0.2) is 0 Å². The third-order valence-corrected chi connectivity index (χ3v) is 1.47. The van der Waals surface area contributed by atoms with Crippen molar-refractivity contribution in [2.45, 2.75) is 27.2 Å². The molecule has 1 atom stereocenters. The summed E-state index contributed by atoms with van der Waals surface area (Å²) >= 11 is 0. The van der Waals surface area contributed by atoms with Crippen LogP contribution in [0.15, 0.2) is 0 Å². The number of hydrogen-bond donors (Lipinski definition) is 0. The Morgan fingerprint density at radius 2 is 2.00 bits per heavy atom. The van der Waals surface area contributed by atoms with Gasteiger partial charge in [-0.15, -0.1) is 18.3 Å². The van der Waals surface area contributed by atoms with Gasteiger partial charge in [-0.2, -0.15) is 0 Å². The lowest BCUT2D eigenvalue weighted by atomic mass is 9.94. The number of hydrogen-bond acceptors (Lipinski definition) is 0. The van der Waals surface area contributed by atoms with Crippen LogP contribution in [0.1, 0.15) is 27.2 Å². The molecule has 0 aromatic heterocycles. The second kappa shape index (κ2) is 4.95. The molecule has 0 radical (unpaired) electrons. The molecule has 54 valence electrons. The Labute approximate surface area is 64.0 Å². The summed E-state index contributed by atoms with van der Waals surface area (Å²) in [5.74, 6) is 9.57. The van der Waals surface area contributed by atoms with E-state index in [1.165, 1.54) is 0 Å². The molecule has 0 heterocycles. The van der Waals surface area contributed by atoms with Gasteiger partial charge in [0.25, 0.3) is 0 Å². The van der Waals surface area contributed by atoms with E-state index >= 15 is 0 Å². The van der Waals surface area contributed by atoms with Crippen molar-refractivity contribution in [3.63, 3.8) is 0 Å². The summed E-state index contributed by atoms with van der Waals surface area (Å²) in [5, 5.41) is 0. The van der Waals surface area contributed by atoms with Crippen LogP contribution in [0.4, 0.5) is 0 Å². The first-order chi connectivity index (χ1) is 4.72. The molecular weight excluding hydrogens is 120 g/mol. The quantitative estimate of drug-likeness (QED) is 0.508. The zero-order valence-corrected chi connectivity index (χ0v) is 6.94. The summed E-state index contributed by atoms with van der Waals surface area (Å²) in [6.45, 7) is 6.14. The fourth-order valence-electron chi connectivity index (χ4n) is 0.766. The van der Waals surface area contributed by atoms with Crippen LogP contribution in [0.3, 0.4) is 0 Å². The van der Waals surface area contributed by atoms with E-state index in [1.807, 2.05) is 6.92 Å². The van der Waals surface area contributed by atoms with Gasteiger partial charge in [0.2, 0.25) is 0 Å². The maximum Gasteiger partial charge on any atom is 0.0334 e. The van der Waals surface area contributed by atoms with Crippen molar-refractivity contribution in [3.8, 4) is 24.2 Å². The van der Waals surface area contributed by atoms with Crippen molar-refractivity contribution in [2.75, 3.05) is 0 Å². The molecule has 0 aliphatic carbocycles. The van der Waals surface area contributed by atoms with E-state index in [-0.39, 0.29) is 0 Å². The molecule has 0 bridgehead atoms. The molecule has 1 unspecified atom stereocenters. The predicted molar refractivity (Wildman–Crippen MR) is 45.2 cm³/mol. The van der Waals surface area contributed by atoms with Crippen molar-refractivity contribution in [2.24, 2.45) is 11.8 Å². The Morgan fingerprint density at radius 3 is 2.30 bits per heavy atom. The van der Waals surface area contributed by atoms with Gasteiger partial charge in [0.05, 0.1) is 0 Å². The van der Waals surface area contributed by atoms with E-state index in [4.69, 9.17) is 6.42 Å². The summed E-state index contributed by atoms with van der Waals surface area (Å²) in [4.78, 5) is 0. The van der Waals surface area contributed by atoms with Gasteiger partial charge in [-0.1, -0.05) is 19.8 Å². The second-order valence-electron chi connectivity index (χ2n) is 2.65. The molecule has 0 saturated heterocycles. The molecule has 0 rings (SSSR count). The third-order valence-electron chi connectivity index (χ3n) is 1.47. The molecule has 0 nitrogen and oxygen atoms in total. The largest absolute Gasteiger partial charge is 0.120 e. The van der Waals surface area contributed by atoms with Crippen LogP contribution in [-0.4, -0.2) is 0 Å². The summed E-state index contributed by atoms with van der Waals surface area (Å²) in [6.07, 6.45) is 5.96. The molecule has 0 amide bonds. The van der Waals surface area contributed by atoms with E-state index in [0.29, 0.717) is 11.8 Å². The Balaban J connectivity index is 3.96. The first kappa shape index (κ1) is 9.12. The lowest BCUT2D eigenvalue weighted by molar-refractivity contribution is 0.491. The van der Waals surface area contributed by atoms with Gasteiger partial charge in [0.1, 0.15) is 0 Å². The molecule has 0 aliphatic rings. The summed E-state index contributed by atoms with van der Waals surface area (Å²) in [5.41, 5.74) is 0. The molecule has 0 spiro atoms. The fraction of sp³-hybridized carbons (Fsp3) is 0.600. The van der Waals surface area contributed by atoms with Crippen LogP contribution in [0.2, 0.25) is 0 Å². The Morgan fingerprint density at radius 1 is 1.40 bits per heavy atom. The number of terminal acetylenes is 1. The van der Waals surface area contributed by atoms with Gasteiger partial charge in [-0.25, -0.2) is 0 Å². The zero-order valence-electron chi connectivity index (χ0n) is 6.94. The molecule has 0 aromatic carbocycles. The van der Waals surface area contributed by atoms with Gasteiger partial charge < -0.3 is 0 Å². The molecule has 0 aromatic rings. The predicted octanol–water partition coefficient (Wildman–Crippen LogP) is 2.31. The van der Waals surface area contributed by atoms with Crippen LogP contribution in [0.25, 0.3) is 0 Å². The lowest BCUT2D eigenvalue weighted by Crippen LogP contribution is -2.04.